The summed E-state index contributed by atoms with van der Waals surface area (Å²) in [5.74, 6) is 1.10. The molecule has 30 heavy (non-hydrogen) atoms. The normalized spacial score (nSPS) is 12.9. The van der Waals surface area contributed by atoms with Crippen molar-refractivity contribution in [2.24, 2.45) is 4.99 Å². The lowest BCUT2D eigenvalue weighted by molar-refractivity contribution is -0.131. The highest BCUT2D eigenvalue weighted by molar-refractivity contribution is 14.0. The Kier molecular flexibility index (Phi) is 9.62. The molecule has 0 atom stereocenters. The van der Waals surface area contributed by atoms with Gasteiger partial charge >= 0.3 is 0 Å². The van der Waals surface area contributed by atoms with Gasteiger partial charge in [0.2, 0.25) is 5.91 Å². The third-order valence-corrected chi connectivity index (χ3v) is 5.24. The highest BCUT2D eigenvalue weighted by Gasteiger charge is 2.22. The van der Waals surface area contributed by atoms with E-state index in [1.165, 1.54) is 22.3 Å². The molecule has 0 aliphatic carbocycles. The molecule has 5 nitrogen and oxygen atoms in total. The van der Waals surface area contributed by atoms with Crippen LogP contribution in [0.5, 0.6) is 0 Å². The fourth-order valence-corrected chi connectivity index (χ4v) is 3.59. The van der Waals surface area contributed by atoms with Crippen molar-refractivity contribution >= 4 is 35.8 Å². The Bertz CT molecular complexity index is 826. The number of hydrogen-bond donors (Lipinski definition) is 1. The molecule has 0 aromatic heterocycles. The van der Waals surface area contributed by atoms with Gasteiger partial charge in [0.15, 0.2) is 5.96 Å². The van der Waals surface area contributed by atoms with Crippen molar-refractivity contribution in [1.82, 2.24) is 15.1 Å². The van der Waals surface area contributed by atoms with Crippen LogP contribution >= 0.6 is 24.0 Å². The number of amides is 1. The summed E-state index contributed by atoms with van der Waals surface area (Å²) in [4.78, 5) is 21.3. The molecule has 0 saturated carbocycles. The van der Waals surface area contributed by atoms with Crippen molar-refractivity contribution in [2.75, 3.05) is 20.1 Å². The van der Waals surface area contributed by atoms with Crippen molar-refractivity contribution in [3.63, 3.8) is 0 Å². The van der Waals surface area contributed by atoms with Crippen molar-refractivity contribution in [3.8, 4) is 0 Å². The molecule has 0 bridgehead atoms. The minimum Gasteiger partial charge on any atom is -0.357 e. The maximum atomic E-state index is 12.5. The molecule has 2 aromatic carbocycles. The minimum absolute atomic E-state index is 0. The summed E-state index contributed by atoms with van der Waals surface area (Å²) in [5, 5.41) is 3.35. The van der Waals surface area contributed by atoms with Crippen LogP contribution in [-0.2, 0) is 24.4 Å². The third-order valence-electron chi connectivity index (χ3n) is 5.24. The number of carbonyl (C=O) groups is 1. The highest BCUT2D eigenvalue weighted by Crippen LogP contribution is 2.22. The Morgan fingerprint density at radius 3 is 2.33 bits per heavy atom. The van der Waals surface area contributed by atoms with Crippen LogP contribution in [0.2, 0.25) is 0 Å². The average molecular weight is 520 g/mol. The molecule has 2 aromatic rings. The Morgan fingerprint density at radius 1 is 1.10 bits per heavy atom. The van der Waals surface area contributed by atoms with Crippen LogP contribution in [0.4, 0.5) is 0 Å². The number of fused-ring (bicyclic) bond motifs is 1. The summed E-state index contributed by atoms with van der Waals surface area (Å²) in [6.07, 6.45) is 1.30. The summed E-state index contributed by atoms with van der Waals surface area (Å²) in [6, 6.07) is 16.9. The minimum atomic E-state index is 0. The van der Waals surface area contributed by atoms with Gasteiger partial charge in [-0.2, -0.15) is 0 Å². The first-order chi connectivity index (χ1) is 14.1. The molecule has 1 amide bonds. The van der Waals surface area contributed by atoms with Gasteiger partial charge in [0.1, 0.15) is 0 Å². The van der Waals surface area contributed by atoms with Crippen LogP contribution in [0, 0.1) is 6.92 Å². The molecule has 1 N–H and O–H groups in total. The molecule has 1 aliphatic heterocycles. The molecular weight excluding hydrogens is 487 g/mol. The maximum Gasteiger partial charge on any atom is 0.223 e. The topological polar surface area (TPSA) is 47.9 Å². The summed E-state index contributed by atoms with van der Waals surface area (Å²) in [5.41, 5.74) is 5.06. The Hall–Kier alpha value is -2.09. The van der Waals surface area contributed by atoms with Crippen molar-refractivity contribution < 1.29 is 4.79 Å². The first-order valence-electron chi connectivity index (χ1n) is 10.5. The van der Waals surface area contributed by atoms with Gasteiger partial charge < -0.3 is 15.1 Å². The predicted molar refractivity (Wildman–Crippen MR) is 134 cm³/mol. The van der Waals surface area contributed by atoms with E-state index in [0.717, 1.165) is 38.6 Å². The van der Waals surface area contributed by atoms with Crippen molar-refractivity contribution in [3.05, 3.63) is 70.8 Å². The summed E-state index contributed by atoms with van der Waals surface area (Å²) in [6.45, 7) is 7.91. The second-order valence-corrected chi connectivity index (χ2v) is 7.70. The lowest BCUT2D eigenvalue weighted by atomic mass is 10.1. The lowest BCUT2D eigenvalue weighted by Crippen LogP contribution is -2.38. The van der Waals surface area contributed by atoms with Gasteiger partial charge in [-0.05, 0) is 37.0 Å². The number of halogens is 1. The molecule has 0 saturated heterocycles. The van der Waals surface area contributed by atoms with Crippen LogP contribution in [0.15, 0.2) is 53.5 Å². The van der Waals surface area contributed by atoms with Crippen LogP contribution in [0.25, 0.3) is 0 Å². The molecule has 0 radical (unpaired) electrons. The SMILES string of the molecule is CCNC(=NCCCC(=O)N1Cc2ccccc2C1)N(C)Cc1ccc(C)cc1.I. The molecule has 6 heteroatoms. The molecule has 1 aliphatic rings. The van der Waals surface area contributed by atoms with Crippen LogP contribution < -0.4 is 5.32 Å². The summed E-state index contributed by atoms with van der Waals surface area (Å²) < 4.78 is 0. The fourth-order valence-electron chi connectivity index (χ4n) is 3.59. The van der Waals surface area contributed by atoms with E-state index >= 15 is 0 Å². The van der Waals surface area contributed by atoms with E-state index in [1.54, 1.807) is 0 Å². The van der Waals surface area contributed by atoms with E-state index in [-0.39, 0.29) is 29.9 Å². The highest BCUT2D eigenvalue weighted by atomic mass is 127. The number of benzene rings is 2. The van der Waals surface area contributed by atoms with Gasteiger partial charge in [-0.3, -0.25) is 9.79 Å². The number of aliphatic imine (C=N–C) groups is 1. The molecular formula is C24H33IN4O. The number of hydrogen-bond acceptors (Lipinski definition) is 2. The van der Waals surface area contributed by atoms with Gasteiger partial charge in [-0.15, -0.1) is 24.0 Å². The number of rotatable bonds is 7. The van der Waals surface area contributed by atoms with E-state index in [0.29, 0.717) is 13.0 Å². The molecule has 0 fully saturated rings. The van der Waals surface area contributed by atoms with Gasteiger partial charge in [-0.25, -0.2) is 0 Å². The first-order valence-corrected chi connectivity index (χ1v) is 10.5. The van der Waals surface area contributed by atoms with Crippen molar-refractivity contribution in [2.45, 2.75) is 46.3 Å². The largest absolute Gasteiger partial charge is 0.357 e. The second kappa shape index (κ2) is 11.9. The fraction of sp³-hybridized carbons (Fsp3) is 0.417. The first kappa shape index (κ1) is 24.2. The monoisotopic (exact) mass is 520 g/mol. The molecule has 162 valence electrons. The molecule has 3 rings (SSSR count). The van der Waals surface area contributed by atoms with Gasteiger partial charge in [0.05, 0.1) is 0 Å². The van der Waals surface area contributed by atoms with Crippen LogP contribution in [-0.4, -0.2) is 41.8 Å². The molecule has 0 unspecified atom stereocenters. The Balaban J connectivity index is 0.00000320. The number of guanidine groups is 1. The molecule has 0 spiro atoms. The second-order valence-electron chi connectivity index (χ2n) is 7.70. The Morgan fingerprint density at radius 2 is 1.73 bits per heavy atom. The van der Waals surface area contributed by atoms with E-state index < -0.39 is 0 Å². The van der Waals surface area contributed by atoms with Gasteiger partial charge in [0, 0.05) is 46.2 Å². The third kappa shape index (κ3) is 6.72. The molecule has 1 heterocycles. The predicted octanol–water partition coefficient (Wildman–Crippen LogP) is 4.33. The van der Waals surface area contributed by atoms with E-state index in [1.807, 2.05) is 24.1 Å². The summed E-state index contributed by atoms with van der Waals surface area (Å²) >= 11 is 0. The maximum absolute atomic E-state index is 12.5. The lowest BCUT2D eigenvalue weighted by Gasteiger charge is -2.22. The standard InChI is InChI=1S/C24H32N4O.HI/c1-4-25-24(27(3)16-20-13-11-19(2)12-14-20)26-15-7-10-23(29)28-17-21-8-5-6-9-22(21)18-28;/h5-6,8-9,11-14H,4,7,10,15-18H2,1-3H3,(H,25,26);1H. The van der Waals surface area contributed by atoms with E-state index in [2.05, 4.69) is 60.5 Å². The smallest absolute Gasteiger partial charge is 0.223 e. The van der Waals surface area contributed by atoms with Gasteiger partial charge in [-0.1, -0.05) is 54.1 Å². The average Bonchev–Trinajstić information content (AvgIpc) is 3.16. The van der Waals surface area contributed by atoms with Crippen LogP contribution in [0.3, 0.4) is 0 Å². The van der Waals surface area contributed by atoms with Crippen LogP contribution in [0.1, 0.15) is 42.0 Å². The number of nitrogens with zero attached hydrogens (tertiary/aromatic N) is 3. The number of nitrogens with one attached hydrogen (secondary N) is 1. The number of aryl methyl sites for hydroxylation is 1. The van der Waals surface area contributed by atoms with E-state index in [4.69, 9.17) is 4.99 Å². The number of carbonyl (C=O) groups excluding carboxylic acids is 1. The zero-order valence-electron chi connectivity index (χ0n) is 18.2. The van der Waals surface area contributed by atoms with Gasteiger partial charge in [0.25, 0.3) is 0 Å². The zero-order valence-corrected chi connectivity index (χ0v) is 20.6. The van der Waals surface area contributed by atoms with E-state index in [9.17, 15) is 4.79 Å². The Labute approximate surface area is 197 Å². The quantitative estimate of drug-likeness (QED) is 0.256. The van der Waals surface area contributed by atoms with Crippen molar-refractivity contribution in [1.29, 1.82) is 0 Å². The summed E-state index contributed by atoms with van der Waals surface area (Å²) in [7, 11) is 2.05. The zero-order chi connectivity index (χ0) is 20.6.